The molecule has 3 aliphatic heterocycles. The smallest absolute Gasteiger partial charge is 0.307 e. The van der Waals surface area contributed by atoms with Crippen LogP contribution < -0.4 is 16.0 Å². The zero-order valence-electron chi connectivity index (χ0n) is 22.2. The van der Waals surface area contributed by atoms with E-state index < -0.39 is 5.41 Å². The zero-order valence-corrected chi connectivity index (χ0v) is 22.2. The summed E-state index contributed by atoms with van der Waals surface area (Å²) in [5, 5.41) is 34.6. The number of hydrogen-bond donors (Lipinski definition) is 6. The fourth-order valence-corrected chi connectivity index (χ4v) is 2.14. The summed E-state index contributed by atoms with van der Waals surface area (Å²) in [4.78, 5) is 31.9. The van der Waals surface area contributed by atoms with Gasteiger partial charge in [-0.3, -0.25) is 30.3 Å². The Morgan fingerprint density at radius 3 is 1.00 bits per heavy atom. The number of nitrogens with one attached hydrogen (secondary N) is 3. The fourth-order valence-electron chi connectivity index (χ4n) is 2.14. The average Bonchev–Trinajstić information content (AvgIpc) is 3.67. The molecule has 0 aromatic carbocycles. The number of esters is 3. The summed E-state index contributed by atoms with van der Waals surface area (Å²) in [5.74, 6) is -0.271. The Morgan fingerprint density at radius 1 is 0.639 bits per heavy atom. The van der Waals surface area contributed by atoms with Crippen LogP contribution in [0.4, 0.5) is 0 Å². The Kier molecular flexibility index (Phi) is 19.2. The van der Waals surface area contributed by atoms with Gasteiger partial charge in [-0.05, 0) is 25.7 Å². The van der Waals surface area contributed by atoms with E-state index in [2.05, 4.69) is 16.0 Å². The quantitative estimate of drug-likeness (QED) is 0.109. The molecule has 3 rings (SSSR count). The van der Waals surface area contributed by atoms with Gasteiger partial charge in [-0.2, -0.15) is 0 Å². The van der Waals surface area contributed by atoms with Crippen LogP contribution in [0.3, 0.4) is 0 Å². The van der Waals surface area contributed by atoms with Crippen molar-refractivity contribution in [3.8, 4) is 0 Å². The first-order chi connectivity index (χ1) is 17.2. The van der Waals surface area contributed by atoms with Crippen molar-refractivity contribution in [3.05, 3.63) is 0 Å². The highest BCUT2D eigenvalue weighted by Crippen LogP contribution is 2.18. The number of ether oxygens (including phenoxy) is 3. The van der Waals surface area contributed by atoms with E-state index in [0.29, 0.717) is 25.7 Å². The highest BCUT2D eigenvalue weighted by atomic mass is 16.6. The molecule has 3 fully saturated rings. The Bertz CT molecular complexity index is 522. The Hall–Kier alpha value is -1.83. The lowest BCUT2D eigenvalue weighted by molar-refractivity contribution is -0.146. The number of rotatable bonds is 13. The zero-order chi connectivity index (χ0) is 27.4. The highest BCUT2D eigenvalue weighted by molar-refractivity contribution is 5.70. The first-order valence-corrected chi connectivity index (χ1v) is 12.8. The van der Waals surface area contributed by atoms with Crippen molar-refractivity contribution >= 4 is 17.9 Å². The van der Waals surface area contributed by atoms with Crippen molar-refractivity contribution in [1.29, 1.82) is 0 Å². The summed E-state index contributed by atoms with van der Waals surface area (Å²) in [6.45, 7) is 9.72. The van der Waals surface area contributed by atoms with Gasteiger partial charge in [-0.15, -0.1) is 0 Å². The second-order valence-electron chi connectivity index (χ2n) is 8.74. The molecule has 0 aromatic heterocycles. The maximum absolute atomic E-state index is 10.6. The number of carbonyl (C=O) groups excluding carboxylic acids is 3. The maximum atomic E-state index is 10.6. The van der Waals surface area contributed by atoms with Gasteiger partial charge in [0.25, 0.3) is 0 Å². The molecule has 0 radical (unpaired) electrons. The van der Waals surface area contributed by atoms with E-state index in [1.807, 2.05) is 27.7 Å². The average molecular weight is 522 g/mol. The number of aliphatic hydroxyl groups excluding tert-OH is 3. The molecule has 0 spiro atoms. The van der Waals surface area contributed by atoms with E-state index in [1.54, 1.807) is 0 Å². The minimum absolute atomic E-state index is 0.0315. The fraction of sp³-hybridized carbons (Fsp3) is 0.875. The Labute approximate surface area is 214 Å². The lowest BCUT2D eigenvalue weighted by atomic mass is 9.88. The number of hydrogen-bond acceptors (Lipinski definition) is 12. The van der Waals surface area contributed by atoms with Crippen molar-refractivity contribution in [1.82, 2.24) is 16.0 Å². The van der Waals surface area contributed by atoms with Gasteiger partial charge in [-0.25, -0.2) is 0 Å². The van der Waals surface area contributed by atoms with Crippen LogP contribution >= 0.6 is 0 Å². The minimum Gasteiger partial charge on any atom is -0.445 e. The van der Waals surface area contributed by atoms with E-state index >= 15 is 0 Å². The SMILES string of the molecule is CCC(CO)(CO)CO.CCCC(=O)OC1CN1.CCCC(=O)OC1CN1.CCCC(=O)OC1CN1. The van der Waals surface area contributed by atoms with Gasteiger partial charge in [0.2, 0.25) is 0 Å². The van der Waals surface area contributed by atoms with Crippen molar-refractivity contribution < 1.29 is 43.9 Å². The number of carbonyl (C=O) groups is 3. The Morgan fingerprint density at radius 2 is 0.889 bits per heavy atom. The molecule has 0 aromatic rings. The van der Waals surface area contributed by atoms with Crippen LogP contribution in [0.2, 0.25) is 0 Å². The number of aliphatic hydroxyl groups is 3. The molecule has 3 heterocycles. The van der Waals surface area contributed by atoms with Gasteiger partial charge in [0.15, 0.2) is 18.7 Å². The van der Waals surface area contributed by atoms with Gasteiger partial charge < -0.3 is 29.5 Å². The lowest BCUT2D eigenvalue weighted by Crippen LogP contribution is -2.32. The van der Waals surface area contributed by atoms with Crippen LogP contribution in [0.25, 0.3) is 0 Å². The van der Waals surface area contributed by atoms with Crippen LogP contribution in [-0.2, 0) is 28.6 Å². The largest absolute Gasteiger partial charge is 0.445 e. The molecule has 0 saturated carbocycles. The van der Waals surface area contributed by atoms with E-state index in [4.69, 9.17) is 29.5 Å². The monoisotopic (exact) mass is 521 g/mol. The topological polar surface area (TPSA) is 205 Å². The van der Waals surface area contributed by atoms with Gasteiger partial charge in [0.05, 0.1) is 19.8 Å². The normalized spacial score (nSPS) is 20.6. The molecule has 0 bridgehead atoms. The molecular weight excluding hydrogens is 474 g/mol. The molecule has 3 aliphatic rings. The summed E-state index contributed by atoms with van der Waals surface area (Å²) in [5.41, 5.74) is -0.667. The molecule has 36 heavy (non-hydrogen) atoms. The highest BCUT2D eigenvalue weighted by Gasteiger charge is 2.26. The third-order valence-corrected chi connectivity index (χ3v) is 5.05. The molecule has 3 atom stereocenters. The van der Waals surface area contributed by atoms with Crippen LogP contribution in [0, 0.1) is 5.41 Å². The van der Waals surface area contributed by atoms with Crippen molar-refractivity contribution in [2.75, 3.05) is 39.5 Å². The molecule has 0 aliphatic carbocycles. The standard InChI is InChI=1S/3C6H11NO2.C6H14O3/c3*1-2-3-6(8)9-5-4-7-5;1-2-6(3-7,4-8)5-9/h3*5,7H,2-4H2,1H3;7-9H,2-5H2,1H3. The third-order valence-electron chi connectivity index (χ3n) is 5.05. The van der Waals surface area contributed by atoms with Crippen LogP contribution in [-0.4, -0.2) is 91.4 Å². The van der Waals surface area contributed by atoms with Gasteiger partial charge in [0, 0.05) is 44.3 Å². The first kappa shape index (κ1) is 34.2. The minimum atomic E-state index is -0.667. The van der Waals surface area contributed by atoms with E-state index in [9.17, 15) is 14.4 Å². The summed E-state index contributed by atoms with van der Waals surface area (Å²) in [7, 11) is 0. The summed E-state index contributed by atoms with van der Waals surface area (Å²) >= 11 is 0. The second-order valence-corrected chi connectivity index (χ2v) is 8.74. The van der Waals surface area contributed by atoms with Crippen LogP contribution in [0.5, 0.6) is 0 Å². The predicted molar refractivity (Wildman–Crippen MR) is 132 cm³/mol. The van der Waals surface area contributed by atoms with Crippen LogP contribution in [0.15, 0.2) is 0 Å². The predicted octanol–water partition coefficient (Wildman–Crippen LogP) is 0.137. The first-order valence-electron chi connectivity index (χ1n) is 12.8. The second kappa shape index (κ2) is 20.3. The molecule has 0 amide bonds. The van der Waals surface area contributed by atoms with Gasteiger partial charge >= 0.3 is 17.9 Å². The van der Waals surface area contributed by atoms with Crippen LogP contribution in [0.1, 0.15) is 72.6 Å². The molecular formula is C24H47N3O9. The van der Waals surface area contributed by atoms with E-state index in [1.165, 1.54) is 0 Å². The summed E-state index contributed by atoms with van der Waals surface area (Å²) in [6.07, 6.45) is 4.91. The molecule has 12 nitrogen and oxygen atoms in total. The van der Waals surface area contributed by atoms with Crippen molar-refractivity contribution in [2.24, 2.45) is 5.41 Å². The lowest BCUT2D eigenvalue weighted by Gasteiger charge is -2.24. The van der Waals surface area contributed by atoms with Gasteiger partial charge in [0.1, 0.15) is 0 Å². The Balaban J connectivity index is 0.000000454. The molecule has 212 valence electrons. The van der Waals surface area contributed by atoms with E-state index in [0.717, 1.165) is 38.9 Å². The van der Waals surface area contributed by atoms with Gasteiger partial charge in [-0.1, -0.05) is 27.7 Å². The maximum Gasteiger partial charge on any atom is 0.307 e. The summed E-state index contributed by atoms with van der Waals surface area (Å²) < 4.78 is 14.6. The molecule has 6 N–H and O–H groups in total. The molecule has 12 heteroatoms. The third kappa shape index (κ3) is 19.4. The van der Waals surface area contributed by atoms with E-state index in [-0.39, 0.29) is 56.4 Å². The summed E-state index contributed by atoms with van der Waals surface area (Å²) in [6, 6.07) is 0. The molecule has 3 unspecified atom stereocenters. The van der Waals surface area contributed by atoms with Crippen molar-refractivity contribution in [3.63, 3.8) is 0 Å². The van der Waals surface area contributed by atoms with Crippen molar-refractivity contribution in [2.45, 2.75) is 91.3 Å². The molecule has 3 saturated heterocycles.